The number of furan rings is 3. The van der Waals surface area contributed by atoms with Crippen LogP contribution in [0.4, 0.5) is 51.2 Å². The average molecular weight is 1780 g/mol. The summed E-state index contributed by atoms with van der Waals surface area (Å²) in [5.74, 6) is 0.102. The SMILES string of the molecule is Cc1cccc(N(c2cc3c(c4ccc(CC(C)c5ccc(N(c6cc7c(c8ccc(-c9cccc(-c%10cccc(N(c%11cc%12c(c%13ccccc%11%13)-c%11ccc%13ccccc%13c%11C%12(C)C)c%11cccc%12c%11oc%11ccccc%11%12)c%10)c9)cc68)-c6ccc8ccccc8c6C7(C)C)c6cccc7c6oc6ccccc67)cc5)cc24)-c2ccc4ccccc4c2C3(C)C)c2cccc3c2oc2ccccc23)c1. The summed E-state index contributed by atoms with van der Waals surface area (Å²) >= 11 is 0. The smallest absolute Gasteiger partial charge is 0.159 e. The minimum absolute atomic E-state index is 0.102. The lowest BCUT2D eigenvalue weighted by molar-refractivity contribution is 0.666. The zero-order valence-corrected chi connectivity index (χ0v) is 78.6. The number of anilines is 9. The molecule has 139 heavy (non-hydrogen) atoms. The first-order valence-corrected chi connectivity index (χ1v) is 48.9. The fraction of sp³-hybridized carbons (Fsp3) is 0.0977. The van der Waals surface area contributed by atoms with E-state index in [0.717, 1.165) is 156 Å². The summed E-state index contributed by atoms with van der Waals surface area (Å²) < 4.78 is 21.4. The van der Waals surface area contributed by atoms with Crippen LogP contribution in [0.3, 0.4) is 0 Å². The van der Waals surface area contributed by atoms with Gasteiger partial charge in [-0.05, 0) is 283 Å². The lowest BCUT2D eigenvalue weighted by Gasteiger charge is -2.30. The van der Waals surface area contributed by atoms with Gasteiger partial charge in [0.1, 0.15) is 16.7 Å². The molecule has 0 saturated heterocycles. The van der Waals surface area contributed by atoms with Crippen LogP contribution in [0.1, 0.15) is 104 Å². The van der Waals surface area contributed by atoms with Gasteiger partial charge in [-0.2, -0.15) is 0 Å². The monoisotopic (exact) mass is 1780 g/mol. The van der Waals surface area contributed by atoms with Gasteiger partial charge < -0.3 is 28.0 Å². The van der Waals surface area contributed by atoms with Crippen LogP contribution in [0, 0.1) is 6.92 Å². The van der Waals surface area contributed by atoms with E-state index in [1.54, 1.807) is 0 Å². The van der Waals surface area contributed by atoms with Crippen LogP contribution in [0.2, 0.25) is 0 Å². The van der Waals surface area contributed by atoms with Crippen molar-refractivity contribution in [3.8, 4) is 55.6 Å². The molecule has 3 aromatic heterocycles. The topological polar surface area (TPSA) is 49.1 Å². The molecule has 3 aliphatic rings. The summed E-state index contributed by atoms with van der Waals surface area (Å²) in [6.45, 7) is 19.2. The lowest BCUT2D eigenvalue weighted by atomic mass is 9.79. The highest BCUT2D eigenvalue weighted by molar-refractivity contribution is 6.21. The Kier molecular flexibility index (Phi) is 17.5. The first kappa shape index (κ1) is 80.6. The van der Waals surface area contributed by atoms with Gasteiger partial charge in [0, 0.05) is 81.8 Å². The van der Waals surface area contributed by atoms with E-state index in [-0.39, 0.29) is 16.7 Å². The number of hydrogen-bond acceptors (Lipinski definition) is 6. The molecular weight excluding hydrogens is 1690 g/mol. The van der Waals surface area contributed by atoms with E-state index in [0.29, 0.717) is 0 Å². The first-order valence-electron chi connectivity index (χ1n) is 48.9. The van der Waals surface area contributed by atoms with Crippen LogP contribution < -0.4 is 14.7 Å². The van der Waals surface area contributed by atoms with Crippen molar-refractivity contribution >= 4 is 182 Å². The Bertz CT molecular complexity index is 9610. The third-order valence-corrected chi connectivity index (χ3v) is 31.6. The number of fused-ring (bicyclic) bond motifs is 30. The number of benzene rings is 22. The fourth-order valence-electron chi connectivity index (χ4n) is 25.1. The second-order valence-electron chi connectivity index (χ2n) is 40.6. The molecule has 1 unspecified atom stereocenters. The molecule has 0 radical (unpaired) electrons. The molecule has 660 valence electrons. The summed E-state index contributed by atoms with van der Waals surface area (Å²) in [5.41, 5.74) is 37.1. The Morgan fingerprint density at radius 2 is 0.583 bits per heavy atom. The molecule has 1 atom stereocenters. The maximum Gasteiger partial charge on any atom is 0.159 e. The molecule has 3 heterocycles. The standard InChI is InChI=1S/C133H95N3O3/c1-78-29-23-36-90(69-78)135(114-50-27-47-103-97-43-18-21-53-120(97)138-129(103)114)117-76-111-123(106-67-59-83-31-10-13-39-93(83)126(106)132(111,5)6)100-64-55-80(71-108(100)117)70-79(2)81-56-62-89(63-57-81)134(113-49-26-46-102-96-42-17-20-52-119(96)137-128(102)113)118-77-112-124(107-68-60-84-32-11-14-40-94(84)127(107)133(112,7)8)101-65-61-88(74-109(101)118)86-34-24-33-85(72-86)87-35-25-37-91(73-87)136(115-51-28-48-104-98-44-19-22-54-121(98)139-130(104)115)116-75-110-122(99-45-16-15-41-95(99)116)105-66-58-82-30-9-12-38-92(82)125(105)131(110,3)4/h9-69,71-77,79H,70H2,1-8H3. The highest BCUT2D eigenvalue weighted by Crippen LogP contribution is 2.63. The van der Waals surface area contributed by atoms with E-state index in [2.05, 4.69) is 483 Å². The van der Waals surface area contributed by atoms with Crippen molar-refractivity contribution in [3.63, 3.8) is 0 Å². The molecule has 25 aromatic rings. The molecule has 0 saturated carbocycles. The molecule has 0 spiro atoms. The van der Waals surface area contributed by atoms with Gasteiger partial charge in [0.2, 0.25) is 0 Å². The Hall–Kier alpha value is -16.8. The molecule has 6 nitrogen and oxygen atoms in total. The fourth-order valence-corrected chi connectivity index (χ4v) is 25.1. The second kappa shape index (κ2) is 30.1. The van der Waals surface area contributed by atoms with E-state index < -0.39 is 5.41 Å². The quantitative estimate of drug-likeness (QED) is 0.108. The number of rotatable bonds is 14. The predicted octanol–water partition coefficient (Wildman–Crippen LogP) is 37.6. The molecular formula is C133H95N3O3. The molecule has 6 heteroatoms. The van der Waals surface area contributed by atoms with Crippen molar-refractivity contribution in [3.05, 3.63) is 463 Å². The van der Waals surface area contributed by atoms with Gasteiger partial charge in [-0.15, -0.1) is 0 Å². The summed E-state index contributed by atoms with van der Waals surface area (Å²) in [6.07, 6.45) is 0.789. The van der Waals surface area contributed by atoms with Crippen LogP contribution >= 0.6 is 0 Å². The zero-order valence-electron chi connectivity index (χ0n) is 78.6. The lowest BCUT2D eigenvalue weighted by Crippen LogP contribution is -2.17. The summed E-state index contributed by atoms with van der Waals surface area (Å²) in [4.78, 5) is 7.49. The normalized spacial score (nSPS) is 13.9. The average Bonchev–Trinajstić information content (AvgIpc) is 1.55. The minimum atomic E-state index is -0.410. The molecule has 22 aromatic carbocycles. The van der Waals surface area contributed by atoms with Gasteiger partial charge in [0.25, 0.3) is 0 Å². The van der Waals surface area contributed by atoms with Crippen LogP contribution in [0.15, 0.2) is 426 Å². The third-order valence-electron chi connectivity index (χ3n) is 31.6. The predicted molar refractivity (Wildman–Crippen MR) is 584 cm³/mol. The molecule has 0 amide bonds. The Morgan fingerprint density at radius 3 is 1.04 bits per heavy atom. The summed E-state index contributed by atoms with van der Waals surface area (Å²) in [6, 6.07) is 154. The van der Waals surface area contributed by atoms with Crippen LogP contribution in [-0.2, 0) is 22.7 Å². The van der Waals surface area contributed by atoms with Crippen molar-refractivity contribution in [1.82, 2.24) is 0 Å². The van der Waals surface area contributed by atoms with Crippen molar-refractivity contribution in [2.24, 2.45) is 0 Å². The van der Waals surface area contributed by atoms with Crippen LogP contribution in [0.5, 0.6) is 0 Å². The molecule has 3 aliphatic carbocycles. The van der Waals surface area contributed by atoms with Crippen molar-refractivity contribution < 1.29 is 13.3 Å². The second-order valence-corrected chi connectivity index (χ2v) is 40.6. The Labute approximate surface area is 806 Å². The molecule has 0 N–H and O–H groups in total. The number of hydrogen-bond donors (Lipinski definition) is 0. The van der Waals surface area contributed by atoms with Gasteiger partial charge in [-0.3, -0.25) is 0 Å². The molecule has 28 rings (SSSR count). The molecule has 0 bridgehead atoms. The van der Waals surface area contributed by atoms with E-state index in [1.165, 1.54) is 137 Å². The first-order chi connectivity index (χ1) is 68.0. The summed E-state index contributed by atoms with van der Waals surface area (Å²) in [5, 5.41) is 21.2. The van der Waals surface area contributed by atoms with Crippen molar-refractivity contribution in [2.75, 3.05) is 14.7 Å². The number of nitrogens with zero attached hydrogens (tertiary/aromatic N) is 3. The number of para-hydroxylation sites is 6. The summed E-state index contributed by atoms with van der Waals surface area (Å²) in [7, 11) is 0. The van der Waals surface area contributed by atoms with E-state index >= 15 is 0 Å². The highest BCUT2D eigenvalue weighted by atomic mass is 16.3. The maximum absolute atomic E-state index is 7.26. The third kappa shape index (κ3) is 12.0. The largest absolute Gasteiger partial charge is 0.454 e. The van der Waals surface area contributed by atoms with E-state index in [9.17, 15) is 0 Å². The Balaban J connectivity index is 0.599. The molecule has 0 aliphatic heterocycles. The van der Waals surface area contributed by atoms with E-state index in [1.807, 2.05) is 0 Å². The van der Waals surface area contributed by atoms with Crippen molar-refractivity contribution in [2.45, 2.75) is 84.0 Å². The Morgan fingerprint density at radius 1 is 0.237 bits per heavy atom. The highest BCUT2D eigenvalue weighted by Gasteiger charge is 2.44. The van der Waals surface area contributed by atoms with Crippen LogP contribution in [0.25, 0.3) is 186 Å². The van der Waals surface area contributed by atoms with E-state index in [4.69, 9.17) is 13.3 Å². The number of aryl methyl sites for hydroxylation is 1. The van der Waals surface area contributed by atoms with Gasteiger partial charge >= 0.3 is 0 Å². The van der Waals surface area contributed by atoms with Gasteiger partial charge in [-0.1, -0.05) is 352 Å². The van der Waals surface area contributed by atoms with Gasteiger partial charge in [0.15, 0.2) is 16.7 Å². The van der Waals surface area contributed by atoms with Gasteiger partial charge in [0.05, 0.1) is 34.1 Å². The zero-order chi connectivity index (χ0) is 92.7. The van der Waals surface area contributed by atoms with Gasteiger partial charge in [-0.25, -0.2) is 0 Å². The van der Waals surface area contributed by atoms with Crippen molar-refractivity contribution in [1.29, 1.82) is 0 Å². The van der Waals surface area contributed by atoms with Crippen LogP contribution in [-0.4, -0.2) is 0 Å². The minimum Gasteiger partial charge on any atom is -0.454 e. The maximum atomic E-state index is 7.26. The molecule has 0 fully saturated rings.